The number of piperidine rings is 1. The molecule has 1 aliphatic heterocycles. The second-order valence-electron chi connectivity index (χ2n) is 5.58. The van der Waals surface area contributed by atoms with Crippen LogP contribution in [0.15, 0.2) is 36.5 Å². The lowest BCUT2D eigenvalue weighted by Crippen LogP contribution is -2.39. The predicted molar refractivity (Wildman–Crippen MR) is 86.8 cm³/mol. The minimum atomic E-state index is 0. The molecule has 4 nitrogen and oxygen atoms in total. The Bertz CT molecular complexity index is 570. The van der Waals surface area contributed by atoms with E-state index in [0.29, 0.717) is 6.04 Å². The fourth-order valence-corrected chi connectivity index (χ4v) is 2.92. The van der Waals surface area contributed by atoms with Crippen molar-refractivity contribution in [3.05, 3.63) is 36.5 Å². The van der Waals surface area contributed by atoms with Crippen LogP contribution in [0.5, 0.6) is 5.88 Å². The van der Waals surface area contributed by atoms with Gasteiger partial charge in [-0.25, -0.2) is 0 Å². The maximum Gasteiger partial charge on any atom is 0.238 e. The Hall–Kier alpha value is -1.52. The van der Waals surface area contributed by atoms with Crippen LogP contribution in [0.25, 0.3) is 11.1 Å². The summed E-state index contributed by atoms with van der Waals surface area (Å²) >= 11 is 0. The molecule has 1 N–H and O–H groups in total. The van der Waals surface area contributed by atoms with Gasteiger partial charge in [-0.05, 0) is 32.0 Å². The standard InChI is InChI=1S/C16H21N3O.ClH/c1-18-10-6-5-9-14(18)11-19-12-15(16(20)17-19)13-7-3-2-4-8-13;/h2-4,7-8,12,14H,5-6,9-11H2,1H3,(H,17,20);1H. The average Bonchev–Trinajstić information content (AvgIpc) is 2.83. The van der Waals surface area contributed by atoms with Crippen LogP contribution in [0, 0.1) is 0 Å². The molecule has 0 amide bonds. The third kappa shape index (κ3) is 3.57. The van der Waals surface area contributed by atoms with Gasteiger partial charge in [-0.3, -0.25) is 4.68 Å². The molecule has 0 bridgehead atoms. The molecular formula is C16H22ClN3O. The van der Waals surface area contributed by atoms with E-state index in [1.165, 1.54) is 19.3 Å². The number of rotatable bonds is 3. The second kappa shape index (κ2) is 6.96. The zero-order valence-corrected chi connectivity index (χ0v) is 13.1. The van der Waals surface area contributed by atoms with Crippen LogP contribution < -0.4 is 0 Å². The Balaban J connectivity index is 0.00000161. The van der Waals surface area contributed by atoms with E-state index in [1.54, 1.807) is 0 Å². The largest absolute Gasteiger partial charge is 0.492 e. The Morgan fingerprint density at radius 2 is 2.00 bits per heavy atom. The van der Waals surface area contributed by atoms with Crippen LogP contribution in [0.2, 0.25) is 0 Å². The summed E-state index contributed by atoms with van der Waals surface area (Å²) < 4.78 is 1.88. The molecular weight excluding hydrogens is 286 g/mol. The molecule has 1 unspecified atom stereocenters. The van der Waals surface area contributed by atoms with Crippen molar-refractivity contribution in [2.75, 3.05) is 13.6 Å². The van der Waals surface area contributed by atoms with E-state index in [0.717, 1.165) is 24.2 Å². The van der Waals surface area contributed by atoms with Crippen molar-refractivity contribution in [1.82, 2.24) is 14.7 Å². The van der Waals surface area contributed by atoms with Crippen LogP contribution in [-0.4, -0.2) is 39.4 Å². The zero-order valence-electron chi connectivity index (χ0n) is 12.3. The lowest BCUT2D eigenvalue weighted by Gasteiger charge is -2.32. The molecule has 1 aliphatic rings. The number of halogens is 1. The SMILES string of the molecule is CN1CCCCC1Cn1cc(-c2ccccc2)c(O)n1.Cl. The number of likely N-dealkylation sites (tertiary alicyclic amines) is 1. The zero-order chi connectivity index (χ0) is 13.9. The second-order valence-corrected chi connectivity index (χ2v) is 5.58. The first kappa shape index (κ1) is 15.9. The third-order valence-electron chi connectivity index (χ3n) is 4.15. The van der Waals surface area contributed by atoms with Gasteiger partial charge in [-0.2, -0.15) is 0 Å². The molecule has 5 heteroatoms. The van der Waals surface area contributed by atoms with Gasteiger partial charge in [0, 0.05) is 12.2 Å². The van der Waals surface area contributed by atoms with Crippen LogP contribution in [0.4, 0.5) is 0 Å². The van der Waals surface area contributed by atoms with Crippen LogP contribution >= 0.6 is 12.4 Å². The highest BCUT2D eigenvalue weighted by molar-refractivity contribution is 5.85. The van der Waals surface area contributed by atoms with Crippen LogP contribution in [-0.2, 0) is 6.54 Å². The molecule has 1 saturated heterocycles. The van der Waals surface area contributed by atoms with Gasteiger partial charge in [0.15, 0.2) is 0 Å². The van der Waals surface area contributed by atoms with Gasteiger partial charge in [-0.1, -0.05) is 36.8 Å². The maximum atomic E-state index is 10.0. The van der Waals surface area contributed by atoms with E-state index < -0.39 is 0 Å². The maximum absolute atomic E-state index is 10.0. The molecule has 1 atom stereocenters. The van der Waals surface area contributed by atoms with Gasteiger partial charge < -0.3 is 10.0 Å². The van der Waals surface area contributed by atoms with Crippen molar-refractivity contribution >= 4 is 12.4 Å². The number of aromatic nitrogens is 2. The number of aromatic hydroxyl groups is 1. The highest BCUT2D eigenvalue weighted by atomic mass is 35.5. The van der Waals surface area contributed by atoms with Crippen molar-refractivity contribution in [2.45, 2.75) is 31.8 Å². The number of likely N-dealkylation sites (N-methyl/N-ethyl adjacent to an activating group) is 1. The molecule has 0 saturated carbocycles. The smallest absolute Gasteiger partial charge is 0.238 e. The predicted octanol–water partition coefficient (Wildman–Crippen LogP) is 3.16. The minimum absolute atomic E-state index is 0. The van der Waals surface area contributed by atoms with E-state index in [1.807, 2.05) is 41.2 Å². The molecule has 3 rings (SSSR count). The van der Waals surface area contributed by atoms with Crippen molar-refractivity contribution in [3.8, 4) is 17.0 Å². The first-order valence-electron chi connectivity index (χ1n) is 7.26. The Morgan fingerprint density at radius 1 is 1.24 bits per heavy atom. The first-order valence-corrected chi connectivity index (χ1v) is 7.26. The number of nitrogens with zero attached hydrogens (tertiary/aromatic N) is 3. The molecule has 2 heterocycles. The average molecular weight is 308 g/mol. The quantitative estimate of drug-likeness (QED) is 0.947. The molecule has 1 aromatic carbocycles. The highest BCUT2D eigenvalue weighted by Gasteiger charge is 2.20. The summed E-state index contributed by atoms with van der Waals surface area (Å²) in [5.74, 6) is 0.120. The van der Waals surface area contributed by atoms with Crippen molar-refractivity contribution in [2.24, 2.45) is 0 Å². The summed E-state index contributed by atoms with van der Waals surface area (Å²) in [5, 5.41) is 14.3. The van der Waals surface area contributed by atoms with E-state index in [-0.39, 0.29) is 18.3 Å². The van der Waals surface area contributed by atoms with E-state index in [9.17, 15) is 5.11 Å². The van der Waals surface area contributed by atoms with Crippen molar-refractivity contribution in [3.63, 3.8) is 0 Å². The molecule has 114 valence electrons. The number of benzene rings is 1. The van der Waals surface area contributed by atoms with Crippen molar-refractivity contribution in [1.29, 1.82) is 0 Å². The summed E-state index contributed by atoms with van der Waals surface area (Å²) in [5.41, 5.74) is 1.82. The molecule has 21 heavy (non-hydrogen) atoms. The Kier molecular flexibility index (Phi) is 5.26. The normalized spacial score (nSPS) is 19.2. The van der Waals surface area contributed by atoms with E-state index >= 15 is 0 Å². The molecule has 1 aromatic heterocycles. The number of hydrogen-bond donors (Lipinski definition) is 1. The fourth-order valence-electron chi connectivity index (χ4n) is 2.92. The summed E-state index contributed by atoms with van der Waals surface area (Å²) in [7, 11) is 2.17. The lowest BCUT2D eigenvalue weighted by molar-refractivity contribution is 0.163. The first-order chi connectivity index (χ1) is 9.74. The molecule has 0 spiro atoms. The van der Waals surface area contributed by atoms with E-state index in [2.05, 4.69) is 17.0 Å². The highest BCUT2D eigenvalue weighted by Crippen LogP contribution is 2.28. The third-order valence-corrected chi connectivity index (χ3v) is 4.15. The Labute approximate surface area is 131 Å². The van der Waals surface area contributed by atoms with Gasteiger partial charge in [-0.15, -0.1) is 17.5 Å². The van der Waals surface area contributed by atoms with E-state index in [4.69, 9.17) is 0 Å². The topological polar surface area (TPSA) is 41.3 Å². The summed E-state index contributed by atoms with van der Waals surface area (Å²) in [6.45, 7) is 2.00. The van der Waals surface area contributed by atoms with Gasteiger partial charge >= 0.3 is 0 Å². The molecule has 0 aliphatic carbocycles. The van der Waals surface area contributed by atoms with Gasteiger partial charge in [0.05, 0.1) is 12.1 Å². The van der Waals surface area contributed by atoms with Gasteiger partial charge in [0.2, 0.25) is 5.88 Å². The van der Waals surface area contributed by atoms with Crippen LogP contribution in [0.3, 0.4) is 0 Å². The molecule has 0 radical (unpaired) electrons. The fraction of sp³-hybridized carbons (Fsp3) is 0.438. The lowest BCUT2D eigenvalue weighted by atomic mass is 10.0. The van der Waals surface area contributed by atoms with Gasteiger partial charge in [0.1, 0.15) is 0 Å². The van der Waals surface area contributed by atoms with Crippen molar-refractivity contribution < 1.29 is 5.11 Å². The Morgan fingerprint density at radius 3 is 2.71 bits per heavy atom. The monoisotopic (exact) mass is 307 g/mol. The summed E-state index contributed by atoms with van der Waals surface area (Å²) in [4.78, 5) is 2.39. The number of hydrogen-bond acceptors (Lipinski definition) is 3. The van der Waals surface area contributed by atoms with Gasteiger partial charge in [0.25, 0.3) is 0 Å². The molecule has 2 aromatic rings. The summed E-state index contributed by atoms with van der Waals surface area (Å²) in [6.07, 6.45) is 5.73. The molecule has 1 fully saturated rings. The van der Waals surface area contributed by atoms with Crippen LogP contribution in [0.1, 0.15) is 19.3 Å². The summed E-state index contributed by atoms with van der Waals surface area (Å²) in [6, 6.07) is 10.4. The minimum Gasteiger partial charge on any atom is -0.492 e.